The van der Waals surface area contributed by atoms with Crippen molar-refractivity contribution in [2.24, 2.45) is 7.05 Å². The third-order valence-electron chi connectivity index (χ3n) is 5.09. The van der Waals surface area contributed by atoms with Gasteiger partial charge in [0.1, 0.15) is 17.3 Å². The second-order valence-electron chi connectivity index (χ2n) is 6.82. The van der Waals surface area contributed by atoms with Gasteiger partial charge in [0, 0.05) is 50.8 Å². The number of piperidine rings is 1. The van der Waals surface area contributed by atoms with Crippen molar-refractivity contribution in [1.82, 2.24) is 39.2 Å². The van der Waals surface area contributed by atoms with Crippen LogP contribution in [0.5, 0.6) is 0 Å². The van der Waals surface area contributed by atoms with Gasteiger partial charge in [0.05, 0.1) is 12.7 Å². The number of nitrogens with zero attached hydrogens (tertiary/aromatic N) is 8. The number of hydrogen-bond acceptors (Lipinski definition) is 6. The Kier molecular flexibility index (Phi) is 4.66. The Hall–Kier alpha value is -3.10. The molecule has 1 saturated heterocycles. The van der Waals surface area contributed by atoms with Gasteiger partial charge >= 0.3 is 0 Å². The summed E-state index contributed by atoms with van der Waals surface area (Å²) in [5.74, 6) is 2.82. The fourth-order valence-corrected chi connectivity index (χ4v) is 3.54. The van der Waals surface area contributed by atoms with Gasteiger partial charge < -0.3 is 14.0 Å². The van der Waals surface area contributed by atoms with Gasteiger partial charge in [0.15, 0.2) is 5.82 Å². The summed E-state index contributed by atoms with van der Waals surface area (Å²) in [5.41, 5.74) is 0.382. The highest BCUT2D eigenvalue weighted by Crippen LogP contribution is 2.26. The van der Waals surface area contributed by atoms with Crippen LogP contribution in [0.15, 0.2) is 31.0 Å². The highest BCUT2D eigenvalue weighted by molar-refractivity contribution is 5.92. The Morgan fingerprint density at radius 3 is 2.85 bits per heavy atom. The van der Waals surface area contributed by atoms with Gasteiger partial charge in [-0.1, -0.05) is 0 Å². The van der Waals surface area contributed by atoms with Crippen molar-refractivity contribution < 1.29 is 4.79 Å². The molecule has 0 unspecified atom stereocenters. The largest absolute Gasteiger partial charge is 0.337 e. The third kappa shape index (κ3) is 3.44. The summed E-state index contributed by atoms with van der Waals surface area (Å²) in [7, 11) is 1.99. The van der Waals surface area contributed by atoms with Crippen molar-refractivity contribution in [3.8, 4) is 0 Å². The Morgan fingerprint density at radius 2 is 2.11 bits per heavy atom. The SMILES string of the molecule is Cc1nccn1Cc1nnc([C@@H]2CCCN(C(=O)c3cnccn3)C2)n1C. The summed E-state index contributed by atoms with van der Waals surface area (Å²) in [4.78, 5) is 26.9. The molecule has 1 aliphatic heterocycles. The minimum absolute atomic E-state index is 0.0794. The van der Waals surface area contributed by atoms with E-state index >= 15 is 0 Å². The molecule has 140 valence electrons. The number of imidazole rings is 1. The van der Waals surface area contributed by atoms with Crippen LogP contribution in [0.4, 0.5) is 0 Å². The number of hydrogen-bond donors (Lipinski definition) is 0. The first kappa shape index (κ1) is 17.3. The molecular formula is C18H22N8O. The van der Waals surface area contributed by atoms with Crippen LogP contribution in [0, 0.1) is 6.92 Å². The zero-order valence-corrected chi connectivity index (χ0v) is 15.5. The average molecular weight is 366 g/mol. The standard InChI is InChI=1S/C18H22N8O/c1-13-20-7-9-25(13)12-16-22-23-17(24(16)2)14-4-3-8-26(11-14)18(27)15-10-19-5-6-21-15/h5-7,9-10,14H,3-4,8,11-12H2,1-2H3/t14-/m1/s1. The highest BCUT2D eigenvalue weighted by atomic mass is 16.2. The van der Waals surface area contributed by atoms with Crippen LogP contribution in [-0.2, 0) is 13.6 Å². The second kappa shape index (κ2) is 7.26. The molecule has 0 N–H and O–H groups in total. The zero-order chi connectivity index (χ0) is 18.8. The first-order valence-corrected chi connectivity index (χ1v) is 9.04. The molecule has 4 heterocycles. The molecule has 0 spiro atoms. The Balaban J connectivity index is 1.50. The summed E-state index contributed by atoms with van der Waals surface area (Å²) in [5, 5.41) is 8.80. The maximum Gasteiger partial charge on any atom is 0.274 e. The lowest BCUT2D eigenvalue weighted by Gasteiger charge is -2.32. The normalized spacial score (nSPS) is 17.3. The zero-order valence-electron chi connectivity index (χ0n) is 15.5. The monoisotopic (exact) mass is 366 g/mol. The van der Waals surface area contributed by atoms with E-state index in [-0.39, 0.29) is 11.8 Å². The smallest absolute Gasteiger partial charge is 0.274 e. The van der Waals surface area contributed by atoms with E-state index in [1.165, 1.54) is 6.20 Å². The quantitative estimate of drug-likeness (QED) is 0.688. The number of aromatic nitrogens is 7. The van der Waals surface area contributed by atoms with Crippen LogP contribution >= 0.6 is 0 Å². The molecule has 3 aromatic rings. The fourth-order valence-electron chi connectivity index (χ4n) is 3.54. The number of aryl methyl sites for hydroxylation is 1. The Morgan fingerprint density at radius 1 is 1.22 bits per heavy atom. The van der Waals surface area contributed by atoms with E-state index < -0.39 is 0 Å². The van der Waals surface area contributed by atoms with Crippen LogP contribution in [0.25, 0.3) is 0 Å². The number of likely N-dealkylation sites (tertiary alicyclic amines) is 1. The first-order valence-electron chi connectivity index (χ1n) is 9.04. The average Bonchev–Trinajstić information content (AvgIpc) is 3.28. The molecule has 3 aromatic heterocycles. The van der Waals surface area contributed by atoms with Crippen molar-refractivity contribution >= 4 is 5.91 Å². The molecule has 0 aliphatic carbocycles. The van der Waals surface area contributed by atoms with E-state index in [1.807, 2.05) is 34.2 Å². The van der Waals surface area contributed by atoms with E-state index in [2.05, 4.69) is 25.1 Å². The lowest BCUT2D eigenvalue weighted by atomic mass is 9.97. The van der Waals surface area contributed by atoms with E-state index in [9.17, 15) is 4.79 Å². The van der Waals surface area contributed by atoms with Crippen LogP contribution in [0.3, 0.4) is 0 Å². The number of rotatable bonds is 4. The molecule has 0 saturated carbocycles. The van der Waals surface area contributed by atoms with E-state index in [0.29, 0.717) is 18.8 Å². The van der Waals surface area contributed by atoms with Gasteiger partial charge in [-0.3, -0.25) is 9.78 Å². The molecule has 0 aromatic carbocycles. The lowest BCUT2D eigenvalue weighted by molar-refractivity contribution is 0.0697. The van der Waals surface area contributed by atoms with Crippen LogP contribution in [-0.4, -0.2) is 58.2 Å². The van der Waals surface area contributed by atoms with Crippen molar-refractivity contribution in [3.63, 3.8) is 0 Å². The molecule has 9 nitrogen and oxygen atoms in total. The molecular weight excluding hydrogens is 344 g/mol. The van der Waals surface area contributed by atoms with Gasteiger partial charge in [0.25, 0.3) is 5.91 Å². The highest BCUT2D eigenvalue weighted by Gasteiger charge is 2.29. The number of amides is 1. The Bertz CT molecular complexity index is 932. The summed E-state index contributed by atoms with van der Waals surface area (Å²) >= 11 is 0. The summed E-state index contributed by atoms with van der Waals surface area (Å²) in [6, 6.07) is 0. The minimum Gasteiger partial charge on any atom is -0.337 e. The molecule has 9 heteroatoms. The van der Waals surface area contributed by atoms with E-state index in [1.54, 1.807) is 18.6 Å². The topological polar surface area (TPSA) is 94.6 Å². The molecule has 4 rings (SSSR count). The van der Waals surface area contributed by atoms with Gasteiger partial charge in [-0.05, 0) is 19.8 Å². The maximum absolute atomic E-state index is 12.7. The van der Waals surface area contributed by atoms with E-state index in [4.69, 9.17) is 0 Å². The van der Waals surface area contributed by atoms with Gasteiger partial charge in [-0.25, -0.2) is 9.97 Å². The van der Waals surface area contributed by atoms with Crippen LogP contribution in [0.2, 0.25) is 0 Å². The summed E-state index contributed by atoms with van der Waals surface area (Å²) in [6.07, 6.45) is 10.3. The first-order chi connectivity index (χ1) is 13.1. The molecule has 1 fully saturated rings. The van der Waals surface area contributed by atoms with Crippen molar-refractivity contribution in [3.05, 3.63) is 54.2 Å². The minimum atomic E-state index is -0.0794. The molecule has 27 heavy (non-hydrogen) atoms. The van der Waals surface area contributed by atoms with Crippen LogP contribution < -0.4 is 0 Å². The Labute approximate surface area is 157 Å². The predicted molar refractivity (Wildman–Crippen MR) is 97.0 cm³/mol. The second-order valence-corrected chi connectivity index (χ2v) is 6.82. The number of carbonyl (C=O) groups excluding carboxylic acids is 1. The molecule has 1 aliphatic rings. The third-order valence-corrected chi connectivity index (χ3v) is 5.09. The van der Waals surface area contributed by atoms with Gasteiger partial charge in [-0.15, -0.1) is 10.2 Å². The maximum atomic E-state index is 12.7. The summed E-state index contributed by atoms with van der Waals surface area (Å²) < 4.78 is 4.08. The number of carbonyl (C=O) groups is 1. The fraction of sp³-hybridized carbons (Fsp3) is 0.444. The van der Waals surface area contributed by atoms with Crippen LogP contribution in [0.1, 0.15) is 46.7 Å². The molecule has 1 amide bonds. The van der Waals surface area contributed by atoms with Gasteiger partial charge in [0.2, 0.25) is 0 Å². The lowest BCUT2D eigenvalue weighted by Crippen LogP contribution is -2.40. The van der Waals surface area contributed by atoms with Crippen molar-refractivity contribution in [1.29, 1.82) is 0 Å². The van der Waals surface area contributed by atoms with E-state index in [0.717, 1.165) is 36.9 Å². The van der Waals surface area contributed by atoms with Crippen molar-refractivity contribution in [2.45, 2.75) is 32.2 Å². The predicted octanol–water partition coefficient (Wildman–Crippen LogP) is 1.18. The summed E-state index contributed by atoms with van der Waals surface area (Å²) in [6.45, 7) is 3.94. The molecule has 0 radical (unpaired) electrons. The van der Waals surface area contributed by atoms with Gasteiger partial charge in [-0.2, -0.15) is 0 Å². The molecule has 1 atom stereocenters. The van der Waals surface area contributed by atoms with Crippen molar-refractivity contribution in [2.75, 3.05) is 13.1 Å². The molecule has 0 bridgehead atoms.